The normalized spacial score (nSPS) is 14.4. The lowest BCUT2D eigenvalue weighted by atomic mass is 10.1. The third kappa shape index (κ3) is 3.12. The zero-order valence-corrected chi connectivity index (χ0v) is 11.4. The third-order valence-electron chi connectivity index (χ3n) is 3.06. The molecule has 0 radical (unpaired) electrons. The number of hydrogen-bond acceptors (Lipinski definition) is 2. The Labute approximate surface area is 113 Å². The number of nitrogens with zero attached hydrogens (tertiary/aromatic N) is 1. The molecule has 0 amide bonds. The van der Waals surface area contributed by atoms with Crippen LogP contribution in [0.1, 0.15) is 43.7 Å². The van der Waals surface area contributed by atoms with Crippen molar-refractivity contribution in [1.82, 2.24) is 15.3 Å². The first kappa shape index (κ1) is 13.1. The summed E-state index contributed by atoms with van der Waals surface area (Å²) in [6.45, 7) is 4.28. The molecule has 96 valence electrons. The van der Waals surface area contributed by atoms with Crippen LogP contribution in [0.25, 0.3) is 0 Å². The summed E-state index contributed by atoms with van der Waals surface area (Å²) in [6.07, 6.45) is 4.62. The van der Waals surface area contributed by atoms with Crippen molar-refractivity contribution in [3.05, 3.63) is 53.1 Å². The molecule has 1 aromatic heterocycles. The summed E-state index contributed by atoms with van der Waals surface area (Å²) in [5, 5.41) is 4.33. The molecule has 2 aromatic rings. The zero-order valence-electron chi connectivity index (χ0n) is 10.7. The number of imidazole rings is 1. The molecule has 4 heteroatoms. The van der Waals surface area contributed by atoms with Gasteiger partial charge in [0.05, 0.1) is 6.04 Å². The molecule has 2 N–H and O–H groups in total. The van der Waals surface area contributed by atoms with Gasteiger partial charge < -0.3 is 10.3 Å². The quantitative estimate of drug-likeness (QED) is 0.860. The van der Waals surface area contributed by atoms with Gasteiger partial charge in [0.1, 0.15) is 5.82 Å². The lowest BCUT2D eigenvalue weighted by molar-refractivity contribution is 0.441. The zero-order chi connectivity index (χ0) is 13.0. The Morgan fingerprint density at radius 2 is 2.28 bits per heavy atom. The molecule has 0 fully saturated rings. The minimum atomic E-state index is 0.231. The lowest BCUT2D eigenvalue weighted by Crippen LogP contribution is -2.25. The van der Waals surface area contributed by atoms with Gasteiger partial charge in [-0.05, 0) is 31.0 Å². The summed E-state index contributed by atoms with van der Waals surface area (Å²) in [7, 11) is 0. The van der Waals surface area contributed by atoms with Crippen LogP contribution in [-0.4, -0.2) is 9.97 Å². The van der Waals surface area contributed by atoms with Crippen molar-refractivity contribution < 1.29 is 0 Å². The standard InChI is InChI=1S/C14H18ClN3/c1-3-13(14-16-7-8-17-14)18-10(2)11-5-4-6-12(15)9-11/h4-10,13,18H,3H2,1-2H3,(H,16,17). The van der Waals surface area contributed by atoms with E-state index < -0.39 is 0 Å². The van der Waals surface area contributed by atoms with E-state index in [-0.39, 0.29) is 12.1 Å². The molecule has 2 atom stereocenters. The molecule has 0 aliphatic heterocycles. The maximum Gasteiger partial charge on any atom is 0.123 e. The van der Waals surface area contributed by atoms with Crippen LogP contribution in [0.2, 0.25) is 5.02 Å². The predicted octanol–water partition coefficient (Wildman–Crippen LogP) is 3.87. The highest BCUT2D eigenvalue weighted by molar-refractivity contribution is 6.30. The Hall–Kier alpha value is -1.32. The average Bonchev–Trinajstić information content (AvgIpc) is 2.89. The Balaban J connectivity index is 2.08. The van der Waals surface area contributed by atoms with Crippen LogP contribution >= 0.6 is 11.6 Å². The summed E-state index contributed by atoms with van der Waals surface area (Å²) < 4.78 is 0. The van der Waals surface area contributed by atoms with Crippen LogP contribution in [0.5, 0.6) is 0 Å². The molecule has 0 spiro atoms. The van der Waals surface area contributed by atoms with E-state index in [0.29, 0.717) is 0 Å². The van der Waals surface area contributed by atoms with Crippen LogP contribution in [0.3, 0.4) is 0 Å². The smallest absolute Gasteiger partial charge is 0.123 e. The highest BCUT2D eigenvalue weighted by Gasteiger charge is 2.15. The number of nitrogens with one attached hydrogen (secondary N) is 2. The molecule has 1 aromatic carbocycles. The highest BCUT2D eigenvalue weighted by Crippen LogP contribution is 2.21. The van der Waals surface area contributed by atoms with Crippen molar-refractivity contribution in [3.8, 4) is 0 Å². The monoisotopic (exact) mass is 263 g/mol. The van der Waals surface area contributed by atoms with Gasteiger partial charge in [0.15, 0.2) is 0 Å². The van der Waals surface area contributed by atoms with Gasteiger partial charge in [0.2, 0.25) is 0 Å². The number of benzene rings is 1. The molecule has 1 heterocycles. The van der Waals surface area contributed by atoms with Gasteiger partial charge >= 0.3 is 0 Å². The number of aromatic nitrogens is 2. The number of halogens is 1. The second-order valence-electron chi connectivity index (χ2n) is 4.38. The van der Waals surface area contributed by atoms with Gasteiger partial charge in [-0.25, -0.2) is 4.98 Å². The fourth-order valence-corrected chi connectivity index (χ4v) is 2.23. The molecule has 0 saturated carbocycles. The maximum atomic E-state index is 6.01. The minimum Gasteiger partial charge on any atom is -0.347 e. The number of H-pyrrole nitrogens is 1. The maximum absolute atomic E-state index is 6.01. The molecule has 0 bridgehead atoms. The predicted molar refractivity (Wildman–Crippen MR) is 74.6 cm³/mol. The first-order chi connectivity index (χ1) is 8.70. The summed E-state index contributed by atoms with van der Waals surface area (Å²) >= 11 is 6.01. The molecule has 0 saturated heterocycles. The van der Waals surface area contributed by atoms with E-state index in [2.05, 4.69) is 35.2 Å². The largest absolute Gasteiger partial charge is 0.347 e. The highest BCUT2D eigenvalue weighted by atomic mass is 35.5. The molecule has 2 unspecified atom stereocenters. The van der Waals surface area contributed by atoms with E-state index in [0.717, 1.165) is 17.3 Å². The second kappa shape index (κ2) is 6.03. The van der Waals surface area contributed by atoms with E-state index in [1.54, 1.807) is 6.20 Å². The van der Waals surface area contributed by atoms with E-state index in [1.165, 1.54) is 5.56 Å². The van der Waals surface area contributed by atoms with Crippen LogP contribution in [0.15, 0.2) is 36.7 Å². The summed E-state index contributed by atoms with van der Waals surface area (Å²) in [5.74, 6) is 0.978. The van der Waals surface area contributed by atoms with Crippen molar-refractivity contribution in [1.29, 1.82) is 0 Å². The van der Waals surface area contributed by atoms with Crippen molar-refractivity contribution in [2.45, 2.75) is 32.4 Å². The van der Waals surface area contributed by atoms with E-state index in [9.17, 15) is 0 Å². The number of hydrogen-bond donors (Lipinski definition) is 2. The topological polar surface area (TPSA) is 40.7 Å². The number of rotatable bonds is 5. The van der Waals surface area contributed by atoms with E-state index in [4.69, 9.17) is 11.6 Å². The lowest BCUT2D eigenvalue weighted by Gasteiger charge is -2.21. The van der Waals surface area contributed by atoms with E-state index in [1.807, 2.05) is 24.4 Å². The fraction of sp³-hybridized carbons (Fsp3) is 0.357. The fourth-order valence-electron chi connectivity index (χ4n) is 2.03. The van der Waals surface area contributed by atoms with Crippen molar-refractivity contribution in [3.63, 3.8) is 0 Å². The SMILES string of the molecule is CCC(NC(C)c1cccc(Cl)c1)c1ncc[nH]1. The Kier molecular flexibility index (Phi) is 4.39. The van der Waals surface area contributed by atoms with Crippen LogP contribution in [0.4, 0.5) is 0 Å². The summed E-state index contributed by atoms with van der Waals surface area (Å²) in [6, 6.07) is 8.41. The van der Waals surface area contributed by atoms with Gasteiger partial charge in [-0.1, -0.05) is 30.7 Å². The van der Waals surface area contributed by atoms with Crippen molar-refractivity contribution in [2.75, 3.05) is 0 Å². The molecular formula is C14H18ClN3. The summed E-state index contributed by atoms with van der Waals surface area (Å²) in [5.41, 5.74) is 1.19. The Morgan fingerprint density at radius 1 is 1.44 bits per heavy atom. The van der Waals surface area contributed by atoms with Gasteiger partial charge in [-0.2, -0.15) is 0 Å². The van der Waals surface area contributed by atoms with Gasteiger partial charge in [-0.15, -0.1) is 0 Å². The molecule has 3 nitrogen and oxygen atoms in total. The Morgan fingerprint density at radius 3 is 2.89 bits per heavy atom. The van der Waals surface area contributed by atoms with E-state index >= 15 is 0 Å². The first-order valence-corrected chi connectivity index (χ1v) is 6.59. The second-order valence-corrected chi connectivity index (χ2v) is 4.82. The third-order valence-corrected chi connectivity index (χ3v) is 3.29. The molecule has 18 heavy (non-hydrogen) atoms. The Bertz CT molecular complexity index is 482. The van der Waals surface area contributed by atoms with Gasteiger partial charge in [0.25, 0.3) is 0 Å². The van der Waals surface area contributed by atoms with Crippen LogP contribution in [0, 0.1) is 0 Å². The van der Waals surface area contributed by atoms with Gasteiger partial charge in [-0.3, -0.25) is 0 Å². The van der Waals surface area contributed by atoms with Crippen molar-refractivity contribution >= 4 is 11.6 Å². The van der Waals surface area contributed by atoms with Crippen LogP contribution < -0.4 is 5.32 Å². The minimum absolute atomic E-state index is 0.231. The van der Waals surface area contributed by atoms with Crippen molar-refractivity contribution in [2.24, 2.45) is 0 Å². The number of aromatic amines is 1. The molecule has 2 rings (SSSR count). The average molecular weight is 264 g/mol. The molecule has 0 aliphatic rings. The van der Waals surface area contributed by atoms with Gasteiger partial charge in [0, 0.05) is 23.5 Å². The molecular weight excluding hydrogens is 246 g/mol. The first-order valence-electron chi connectivity index (χ1n) is 6.21. The summed E-state index contributed by atoms with van der Waals surface area (Å²) in [4.78, 5) is 7.46. The van der Waals surface area contributed by atoms with Crippen LogP contribution in [-0.2, 0) is 0 Å². The molecule has 0 aliphatic carbocycles.